The van der Waals surface area contributed by atoms with Gasteiger partial charge >= 0.3 is 18.0 Å². The van der Waals surface area contributed by atoms with Gasteiger partial charge in [-0.3, -0.25) is 0 Å². The Morgan fingerprint density at radius 3 is 2.39 bits per heavy atom. The zero-order chi connectivity index (χ0) is 21.4. The van der Waals surface area contributed by atoms with Gasteiger partial charge in [-0.1, -0.05) is 18.5 Å². The summed E-state index contributed by atoms with van der Waals surface area (Å²) < 4.78 is 24.1. The fourth-order valence-corrected chi connectivity index (χ4v) is 2.49. The predicted molar refractivity (Wildman–Crippen MR) is 104 cm³/mol. The molecule has 0 aliphatic rings. The van der Waals surface area contributed by atoms with E-state index in [1.807, 2.05) is 0 Å². The molecule has 0 spiro atoms. The number of anilines is 1. The molecule has 0 bridgehead atoms. The van der Waals surface area contributed by atoms with E-state index >= 15 is 0 Å². The van der Waals surface area contributed by atoms with Gasteiger partial charge in [-0.05, 0) is 46.2 Å². The number of rotatable bonds is 7. The molecule has 0 saturated heterocycles. The minimum Gasteiger partial charge on any atom is -0.463 e. The summed E-state index contributed by atoms with van der Waals surface area (Å²) in [7, 11) is 0. The highest BCUT2D eigenvalue weighted by atomic mass is 35.5. The van der Waals surface area contributed by atoms with Crippen molar-refractivity contribution in [2.24, 2.45) is 0 Å². The van der Waals surface area contributed by atoms with Crippen molar-refractivity contribution in [3.8, 4) is 0 Å². The van der Waals surface area contributed by atoms with Crippen LogP contribution in [-0.4, -0.2) is 30.7 Å². The first kappa shape index (κ1) is 23.4. The van der Waals surface area contributed by atoms with Gasteiger partial charge in [-0.25, -0.2) is 18.8 Å². The largest absolute Gasteiger partial charge is 0.463 e. The molecule has 0 saturated carbocycles. The zero-order valence-corrected chi connectivity index (χ0v) is 17.2. The van der Waals surface area contributed by atoms with Crippen LogP contribution in [0.3, 0.4) is 0 Å². The number of halogens is 2. The molecular formula is C19H24ClFN2O5. The fourth-order valence-electron chi connectivity index (χ4n) is 2.26. The third-order valence-electron chi connectivity index (χ3n) is 3.50. The van der Waals surface area contributed by atoms with E-state index in [9.17, 15) is 18.8 Å². The summed E-state index contributed by atoms with van der Waals surface area (Å²) in [4.78, 5) is 36.1. The first-order valence-electron chi connectivity index (χ1n) is 8.75. The van der Waals surface area contributed by atoms with Crippen molar-refractivity contribution >= 4 is 35.3 Å². The predicted octanol–water partition coefficient (Wildman–Crippen LogP) is 4.41. The quantitative estimate of drug-likeness (QED) is 0.509. The van der Waals surface area contributed by atoms with Gasteiger partial charge in [0, 0.05) is 5.70 Å². The van der Waals surface area contributed by atoms with Gasteiger partial charge < -0.3 is 20.1 Å². The summed E-state index contributed by atoms with van der Waals surface area (Å²) >= 11 is 5.90. The van der Waals surface area contributed by atoms with Crippen LogP contribution in [0.25, 0.3) is 0 Å². The number of allylic oxidation sites excluding steroid dienone is 1. The molecule has 0 fully saturated rings. The summed E-state index contributed by atoms with van der Waals surface area (Å²) in [6.07, 6.45) is -0.0534. The maximum absolute atomic E-state index is 14.1. The normalized spacial score (nSPS) is 11.6. The van der Waals surface area contributed by atoms with Crippen molar-refractivity contribution in [2.45, 2.75) is 47.1 Å². The van der Waals surface area contributed by atoms with Crippen LogP contribution in [-0.2, 0) is 14.3 Å². The van der Waals surface area contributed by atoms with Gasteiger partial charge in [-0.2, -0.15) is 0 Å². The van der Waals surface area contributed by atoms with Crippen LogP contribution >= 0.6 is 11.6 Å². The van der Waals surface area contributed by atoms with E-state index in [0.29, 0.717) is 6.42 Å². The monoisotopic (exact) mass is 414 g/mol. The van der Waals surface area contributed by atoms with Crippen molar-refractivity contribution < 1.29 is 28.2 Å². The van der Waals surface area contributed by atoms with Crippen LogP contribution < -0.4 is 10.6 Å². The second kappa shape index (κ2) is 10.7. The molecule has 1 aromatic carbocycles. The molecule has 9 heteroatoms. The topological polar surface area (TPSA) is 93.7 Å². The number of esters is 2. The molecule has 154 valence electrons. The fraction of sp³-hybridized carbons (Fsp3) is 0.421. The summed E-state index contributed by atoms with van der Waals surface area (Å²) in [6.45, 7) is 8.45. The minimum atomic E-state index is -0.830. The van der Waals surface area contributed by atoms with Gasteiger partial charge in [0.15, 0.2) is 0 Å². The number of hydrogen-bond acceptors (Lipinski definition) is 5. The Kier molecular flexibility index (Phi) is 8.91. The maximum Gasteiger partial charge on any atom is 0.339 e. The lowest BCUT2D eigenvalue weighted by molar-refractivity contribution is -0.138. The Morgan fingerprint density at radius 2 is 1.86 bits per heavy atom. The summed E-state index contributed by atoms with van der Waals surface area (Å²) in [5.74, 6) is -2.11. The lowest BCUT2D eigenvalue weighted by atomic mass is 10.1. The zero-order valence-electron chi connectivity index (χ0n) is 16.4. The summed E-state index contributed by atoms with van der Waals surface area (Å²) in [5, 5.41) is 4.61. The van der Waals surface area contributed by atoms with Crippen LogP contribution in [0.5, 0.6) is 0 Å². The number of ether oxygens (including phenoxy) is 2. The molecule has 1 aromatic rings. The van der Waals surface area contributed by atoms with Crippen LogP contribution in [0.4, 0.5) is 14.9 Å². The highest BCUT2D eigenvalue weighted by molar-refractivity contribution is 6.33. The molecule has 0 atom stereocenters. The second-order valence-corrected chi connectivity index (χ2v) is 6.43. The highest BCUT2D eigenvalue weighted by Crippen LogP contribution is 2.25. The molecular weight excluding hydrogens is 391 g/mol. The Bertz CT molecular complexity index is 793. The van der Waals surface area contributed by atoms with E-state index in [-0.39, 0.29) is 34.2 Å². The van der Waals surface area contributed by atoms with Crippen molar-refractivity contribution in [1.29, 1.82) is 0 Å². The third kappa shape index (κ3) is 6.53. The van der Waals surface area contributed by atoms with Crippen molar-refractivity contribution in [3.63, 3.8) is 0 Å². The SMILES string of the molecule is CCOC(=O)C(CC)=C(C)NC(=O)Nc1cc(C(=O)OC(C)C)c(Cl)cc1F. The Balaban J connectivity index is 3.02. The maximum atomic E-state index is 14.1. The van der Waals surface area contributed by atoms with Crippen LogP contribution in [0.2, 0.25) is 5.02 Å². The lowest BCUT2D eigenvalue weighted by Gasteiger charge is -2.14. The average molecular weight is 415 g/mol. The van der Waals surface area contributed by atoms with Crippen molar-refractivity contribution in [2.75, 3.05) is 11.9 Å². The molecule has 0 aliphatic heterocycles. The highest BCUT2D eigenvalue weighted by Gasteiger charge is 2.19. The molecule has 0 aromatic heterocycles. The van der Waals surface area contributed by atoms with E-state index in [1.54, 1.807) is 27.7 Å². The van der Waals surface area contributed by atoms with Crippen LogP contribution in [0.1, 0.15) is 51.4 Å². The Hall–Kier alpha value is -2.61. The van der Waals surface area contributed by atoms with Gasteiger partial charge in [-0.15, -0.1) is 0 Å². The second-order valence-electron chi connectivity index (χ2n) is 6.02. The molecule has 0 heterocycles. The lowest BCUT2D eigenvalue weighted by Crippen LogP contribution is -2.29. The molecule has 0 unspecified atom stereocenters. The number of nitrogens with one attached hydrogen (secondary N) is 2. The van der Waals surface area contributed by atoms with Crippen molar-refractivity contribution in [3.05, 3.63) is 39.8 Å². The van der Waals surface area contributed by atoms with E-state index in [2.05, 4.69) is 10.6 Å². The Labute approximate surface area is 168 Å². The van der Waals surface area contributed by atoms with E-state index in [0.717, 1.165) is 12.1 Å². The molecule has 2 amide bonds. The van der Waals surface area contributed by atoms with Gasteiger partial charge in [0.05, 0.1) is 34.6 Å². The number of urea groups is 1. The van der Waals surface area contributed by atoms with Crippen molar-refractivity contribution in [1.82, 2.24) is 5.32 Å². The van der Waals surface area contributed by atoms with Crippen LogP contribution in [0, 0.1) is 5.82 Å². The molecule has 7 nitrogen and oxygen atoms in total. The number of benzene rings is 1. The first-order chi connectivity index (χ1) is 13.1. The minimum absolute atomic E-state index is 0.0832. The molecule has 2 N–H and O–H groups in total. The number of hydrogen-bond donors (Lipinski definition) is 2. The Morgan fingerprint density at radius 1 is 1.21 bits per heavy atom. The smallest absolute Gasteiger partial charge is 0.339 e. The number of carbonyl (C=O) groups is 3. The van der Waals surface area contributed by atoms with E-state index < -0.39 is 29.9 Å². The molecule has 28 heavy (non-hydrogen) atoms. The molecule has 1 rings (SSSR count). The van der Waals surface area contributed by atoms with Gasteiger partial charge in [0.2, 0.25) is 0 Å². The van der Waals surface area contributed by atoms with E-state index in [1.165, 1.54) is 6.92 Å². The van der Waals surface area contributed by atoms with Crippen LogP contribution in [0.15, 0.2) is 23.4 Å². The number of carbonyl (C=O) groups excluding carboxylic acids is 3. The molecule has 0 radical (unpaired) electrons. The average Bonchev–Trinajstić information content (AvgIpc) is 2.57. The number of amides is 2. The standard InChI is InChI=1S/C19H24ClFN2O5/c1-6-12(17(24)27-7-2)11(5)22-19(26)23-16-8-13(14(20)9-15(16)21)18(25)28-10(3)4/h8-10H,6-7H2,1-5H3,(H2,22,23,26). The summed E-state index contributed by atoms with van der Waals surface area (Å²) in [6, 6.07) is 1.21. The van der Waals surface area contributed by atoms with Gasteiger partial charge in [0.1, 0.15) is 5.82 Å². The van der Waals surface area contributed by atoms with E-state index in [4.69, 9.17) is 21.1 Å². The third-order valence-corrected chi connectivity index (χ3v) is 3.81. The first-order valence-corrected chi connectivity index (χ1v) is 9.13. The van der Waals surface area contributed by atoms with Gasteiger partial charge in [0.25, 0.3) is 0 Å². The summed E-state index contributed by atoms with van der Waals surface area (Å²) in [5.41, 5.74) is 0.210. The molecule has 0 aliphatic carbocycles.